The SMILES string of the molecule is CC(C)n1cc(-c2ccc(F)cc2)c(=O)c(C(=O)Cc2ncc(Oc3ccnc(Cl)c3Cl)cn2)n1. The number of pyridine rings is 1. The van der Waals surface area contributed by atoms with Crippen LogP contribution in [0.4, 0.5) is 4.39 Å². The average Bonchev–Trinajstić information content (AvgIpc) is 2.84. The van der Waals surface area contributed by atoms with Gasteiger partial charge in [-0.15, -0.1) is 0 Å². The van der Waals surface area contributed by atoms with E-state index >= 15 is 0 Å². The summed E-state index contributed by atoms with van der Waals surface area (Å²) in [6.45, 7) is 3.73. The molecule has 0 N–H and O–H groups in total. The Hall–Kier alpha value is -3.69. The first-order chi connectivity index (χ1) is 16.7. The molecule has 1 aromatic carbocycles. The van der Waals surface area contributed by atoms with Crippen LogP contribution < -0.4 is 10.2 Å². The third kappa shape index (κ3) is 5.52. The standard InChI is InChI=1S/C24H18Cl2FN5O3/c1-13(2)32-12-17(14-3-5-15(27)6-4-14)23(34)22(31-32)18(33)9-20-29-10-16(11-30-20)35-19-7-8-28-24(26)21(19)25/h3-8,10-13H,9H2,1-2H3. The van der Waals surface area contributed by atoms with E-state index in [9.17, 15) is 14.0 Å². The summed E-state index contributed by atoms with van der Waals surface area (Å²) in [6, 6.07) is 6.87. The van der Waals surface area contributed by atoms with Gasteiger partial charge in [-0.1, -0.05) is 35.3 Å². The molecule has 0 radical (unpaired) electrons. The molecule has 0 atom stereocenters. The van der Waals surface area contributed by atoms with Crippen molar-refractivity contribution < 1.29 is 13.9 Å². The molecule has 0 fully saturated rings. The van der Waals surface area contributed by atoms with Gasteiger partial charge < -0.3 is 4.74 Å². The minimum Gasteiger partial charge on any atom is -0.452 e. The summed E-state index contributed by atoms with van der Waals surface area (Å²) in [6.07, 6.45) is 5.48. The quantitative estimate of drug-likeness (QED) is 0.243. The van der Waals surface area contributed by atoms with E-state index in [1.54, 1.807) is 6.20 Å². The molecule has 0 saturated carbocycles. The highest BCUT2D eigenvalue weighted by molar-refractivity contribution is 6.42. The second-order valence-corrected chi connectivity index (χ2v) is 8.49. The fourth-order valence-corrected chi connectivity index (χ4v) is 3.41. The van der Waals surface area contributed by atoms with Gasteiger partial charge in [-0.2, -0.15) is 5.10 Å². The van der Waals surface area contributed by atoms with Crippen LogP contribution in [0.3, 0.4) is 0 Å². The fraction of sp³-hybridized carbons (Fsp3) is 0.167. The lowest BCUT2D eigenvalue weighted by molar-refractivity contribution is 0.0982. The molecule has 0 aliphatic rings. The Labute approximate surface area is 209 Å². The Morgan fingerprint density at radius 1 is 1.09 bits per heavy atom. The molecule has 0 unspecified atom stereocenters. The molecule has 4 rings (SSSR count). The van der Waals surface area contributed by atoms with Crippen molar-refractivity contribution in [2.75, 3.05) is 0 Å². The molecule has 0 spiro atoms. The van der Waals surface area contributed by atoms with Crippen LogP contribution in [0.1, 0.15) is 36.2 Å². The maximum Gasteiger partial charge on any atom is 0.219 e. The molecule has 0 amide bonds. The normalized spacial score (nSPS) is 11.0. The molecule has 0 aliphatic carbocycles. The summed E-state index contributed by atoms with van der Waals surface area (Å²) in [5.41, 5.74) is -0.0742. The van der Waals surface area contributed by atoms with Gasteiger partial charge in [0.05, 0.1) is 18.8 Å². The molecule has 3 aromatic heterocycles. The van der Waals surface area contributed by atoms with Crippen molar-refractivity contribution in [3.8, 4) is 22.6 Å². The third-order valence-corrected chi connectivity index (χ3v) is 5.67. The molecular formula is C24H18Cl2FN5O3. The highest BCUT2D eigenvalue weighted by atomic mass is 35.5. The van der Waals surface area contributed by atoms with Crippen molar-refractivity contribution >= 4 is 29.0 Å². The lowest BCUT2D eigenvalue weighted by Gasteiger charge is -2.13. The van der Waals surface area contributed by atoms with Crippen molar-refractivity contribution in [2.45, 2.75) is 26.3 Å². The second kappa shape index (κ2) is 10.3. The van der Waals surface area contributed by atoms with Crippen molar-refractivity contribution in [2.24, 2.45) is 0 Å². The van der Waals surface area contributed by atoms with Crippen LogP contribution in [-0.4, -0.2) is 30.5 Å². The molecule has 35 heavy (non-hydrogen) atoms. The Morgan fingerprint density at radius 2 is 1.77 bits per heavy atom. The van der Waals surface area contributed by atoms with Crippen LogP contribution in [0, 0.1) is 5.82 Å². The van der Waals surface area contributed by atoms with E-state index in [1.807, 2.05) is 13.8 Å². The van der Waals surface area contributed by atoms with Gasteiger partial charge in [0, 0.05) is 30.1 Å². The Bertz CT molecular complexity index is 1440. The predicted molar refractivity (Wildman–Crippen MR) is 129 cm³/mol. The maximum absolute atomic E-state index is 13.4. The van der Waals surface area contributed by atoms with Gasteiger partial charge in [-0.25, -0.2) is 19.3 Å². The fourth-order valence-electron chi connectivity index (χ4n) is 3.11. The Morgan fingerprint density at radius 3 is 2.43 bits per heavy atom. The van der Waals surface area contributed by atoms with Crippen molar-refractivity contribution in [1.82, 2.24) is 24.7 Å². The molecule has 11 heteroatoms. The largest absolute Gasteiger partial charge is 0.452 e. The summed E-state index contributed by atoms with van der Waals surface area (Å²) in [5, 5.41) is 4.46. The first-order valence-electron chi connectivity index (χ1n) is 10.4. The van der Waals surface area contributed by atoms with Gasteiger partial charge in [0.25, 0.3) is 0 Å². The first kappa shape index (κ1) is 24.4. The van der Waals surface area contributed by atoms with Crippen molar-refractivity contribution in [3.05, 3.63) is 92.9 Å². The topological polar surface area (TPSA) is 99.9 Å². The number of hydrogen-bond acceptors (Lipinski definition) is 7. The van der Waals surface area contributed by atoms with Gasteiger partial charge >= 0.3 is 0 Å². The van der Waals surface area contributed by atoms with Crippen LogP contribution in [-0.2, 0) is 6.42 Å². The van der Waals surface area contributed by atoms with Crippen LogP contribution in [0.5, 0.6) is 11.5 Å². The van der Waals surface area contributed by atoms with Gasteiger partial charge in [0.2, 0.25) is 5.43 Å². The maximum atomic E-state index is 13.4. The number of ether oxygens (including phenoxy) is 1. The molecule has 0 saturated heterocycles. The van der Waals surface area contributed by atoms with E-state index in [2.05, 4.69) is 20.1 Å². The van der Waals surface area contributed by atoms with Gasteiger partial charge in [0.15, 0.2) is 28.1 Å². The monoisotopic (exact) mass is 513 g/mol. The number of carbonyl (C=O) groups is 1. The minimum absolute atomic E-state index is 0.0923. The molecule has 178 valence electrons. The highest BCUT2D eigenvalue weighted by Gasteiger charge is 2.20. The number of Topliss-reactive ketones (excluding diaryl/α,β-unsaturated/α-hetero) is 1. The number of halogens is 3. The van der Waals surface area contributed by atoms with E-state index in [0.29, 0.717) is 5.56 Å². The van der Waals surface area contributed by atoms with Gasteiger partial charge in [-0.05, 0) is 31.5 Å². The van der Waals surface area contributed by atoms with E-state index in [-0.39, 0.29) is 51.2 Å². The minimum atomic E-state index is -0.553. The average molecular weight is 514 g/mol. The van der Waals surface area contributed by atoms with Crippen LogP contribution in [0.2, 0.25) is 10.2 Å². The summed E-state index contributed by atoms with van der Waals surface area (Å²) in [5.74, 6) is -0.266. The third-order valence-electron chi connectivity index (χ3n) is 4.92. The second-order valence-electron chi connectivity index (χ2n) is 7.75. The smallest absolute Gasteiger partial charge is 0.219 e. The molecule has 3 heterocycles. The lowest BCUT2D eigenvalue weighted by Crippen LogP contribution is -2.26. The predicted octanol–water partition coefficient (Wildman–Crippen LogP) is 5.34. The van der Waals surface area contributed by atoms with Crippen LogP contribution in [0.15, 0.2) is 59.9 Å². The molecule has 4 aromatic rings. The van der Waals surface area contributed by atoms with Gasteiger partial charge in [0.1, 0.15) is 16.7 Å². The number of ketones is 1. The number of nitrogens with zero attached hydrogens (tertiary/aromatic N) is 5. The van der Waals surface area contributed by atoms with E-state index in [1.165, 1.54) is 53.6 Å². The first-order valence-corrected chi connectivity index (χ1v) is 11.2. The molecule has 0 aliphatic heterocycles. The number of rotatable bonds is 7. The summed E-state index contributed by atoms with van der Waals surface area (Å²) >= 11 is 11.9. The zero-order chi connectivity index (χ0) is 25.1. The molecule has 8 nitrogen and oxygen atoms in total. The van der Waals surface area contributed by atoms with Gasteiger partial charge in [-0.3, -0.25) is 14.3 Å². The Balaban J connectivity index is 1.59. The van der Waals surface area contributed by atoms with Crippen molar-refractivity contribution in [3.63, 3.8) is 0 Å². The number of aromatic nitrogens is 5. The van der Waals surface area contributed by atoms with E-state index in [4.69, 9.17) is 27.9 Å². The number of carbonyl (C=O) groups excluding carboxylic acids is 1. The van der Waals surface area contributed by atoms with Crippen molar-refractivity contribution in [1.29, 1.82) is 0 Å². The molecule has 0 bridgehead atoms. The number of benzene rings is 1. The summed E-state index contributed by atoms with van der Waals surface area (Å²) < 4.78 is 20.5. The zero-order valence-electron chi connectivity index (χ0n) is 18.6. The van der Waals surface area contributed by atoms with Crippen LogP contribution in [0.25, 0.3) is 11.1 Å². The highest BCUT2D eigenvalue weighted by Crippen LogP contribution is 2.32. The van der Waals surface area contributed by atoms with E-state index in [0.717, 1.165) is 0 Å². The Kier molecular flexibility index (Phi) is 7.18. The van der Waals surface area contributed by atoms with E-state index < -0.39 is 17.0 Å². The molecular weight excluding hydrogens is 496 g/mol. The lowest BCUT2D eigenvalue weighted by atomic mass is 10.0. The zero-order valence-corrected chi connectivity index (χ0v) is 20.1. The van der Waals surface area contributed by atoms with Crippen LogP contribution >= 0.6 is 23.2 Å². The number of hydrogen-bond donors (Lipinski definition) is 0. The summed E-state index contributed by atoms with van der Waals surface area (Å²) in [7, 11) is 0. The summed E-state index contributed by atoms with van der Waals surface area (Å²) in [4.78, 5) is 38.2.